The summed E-state index contributed by atoms with van der Waals surface area (Å²) in [5.41, 5.74) is 0. The molecule has 0 fully saturated rings. The zero-order valence-electron chi connectivity index (χ0n) is 12.6. The highest BCUT2D eigenvalue weighted by Gasteiger charge is 1.92. The molecule has 2 nitrogen and oxygen atoms in total. The van der Waals surface area contributed by atoms with Crippen LogP contribution < -0.4 is 0 Å². The second-order valence-electron chi connectivity index (χ2n) is 4.69. The molecule has 0 unspecified atom stereocenters. The van der Waals surface area contributed by atoms with Crippen LogP contribution in [0.5, 0.6) is 0 Å². The van der Waals surface area contributed by atoms with Crippen molar-refractivity contribution in [3.05, 3.63) is 48.6 Å². The molecule has 0 saturated heterocycles. The molecule has 0 aromatic heterocycles. The number of allylic oxidation sites excluding steroid dienone is 8. The van der Waals surface area contributed by atoms with E-state index in [0.717, 1.165) is 32.1 Å². The van der Waals surface area contributed by atoms with E-state index >= 15 is 0 Å². The van der Waals surface area contributed by atoms with Crippen molar-refractivity contribution < 1.29 is 9.90 Å². The minimum atomic E-state index is -0.704. The molecule has 0 aromatic rings. The van der Waals surface area contributed by atoms with Crippen LogP contribution in [0.15, 0.2) is 48.6 Å². The maximum absolute atomic E-state index is 10.3. The molecule has 0 amide bonds. The molecule has 0 bridgehead atoms. The van der Waals surface area contributed by atoms with Gasteiger partial charge in [-0.3, -0.25) is 4.79 Å². The van der Waals surface area contributed by atoms with Crippen molar-refractivity contribution in [3.63, 3.8) is 0 Å². The van der Waals surface area contributed by atoms with Crippen LogP contribution in [0.3, 0.4) is 0 Å². The van der Waals surface area contributed by atoms with Crippen LogP contribution in [0.1, 0.15) is 58.3 Å². The van der Waals surface area contributed by atoms with Crippen molar-refractivity contribution in [2.75, 3.05) is 0 Å². The Morgan fingerprint density at radius 2 is 1.35 bits per heavy atom. The van der Waals surface area contributed by atoms with Crippen LogP contribution in [-0.4, -0.2) is 11.1 Å². The van der Waals surface area contributed by atoms with Gasteiger partial charge in [0.05, 0.1) is 0 Å². The Morgan fingerprint density at radius 3 is 1.95 bits per heavy atom. The number of carboxylic acid groups (broad SMARTS) is 1. The normalized spacial score (nSPS) is 12.4. The number of hydrogen-bond donors (Lipinski definition) is 1. The monoisotopic (exact) mass is 276 g/mol. The second kappa shape index (κ2) is 15.5. The fourth-order valence-electron chi connectivity index (χ4n) is 1.65. The summed E-state index contributed by atoms with van der Waals surface area (Å²) in [6, 6.07) is 0. The Hall–Kier alpha value is -1.57. The molecule has 20 heavy (non-hydrogen) atoms. The average Bonchev–Trinajstić information content (AvgIpc) is 2.43. The Kier molecular flexibility index (Phi) is 14.3. The summed E-state index contributed by atoms with van der Waals surface area (Å²) in [6.07, 6.45) is 24.5. The molecule has 1 N–H and O–H groups in total. The minimum absolute atomic E-state index is 0.274. The molecule has 0 aromatic carbocycles. The molecule has 0 atom stereocenters. The first-order valence-corrected chi connectivity index (χ1v) is 7.62. The Bertz CT molecular complexity index is 335. The molecule has 0 saturated carbocycles. The van der Waals surface area contributed by atoms with Crippen LogP contribution >= 0.6 is 0 Å². The standard InChI is InChI=1S/C18H28O2/c1-2-3-4-5-6-7-8-9-10-11-12-13-14-15-16-17-18(19)20/h3-8,13-14H,2,9-12,15-17H2,1H3,(H,19,20)/b4-3-,6-5+,8-7+,14-13-. The fraction of sp³-hybridized carbons (Fsp3) is 0.500. The first-order chi connectivity index (χ1) is 9.77. The van der Waals surface area contributed by atoms with Crippen molar-refractivity contribution in [1.82, 2.24) is 0 Å². The van der Waals surface area contributed by atoms with Gasteiger partial charge in [0.1, 0.15) is 0 Å². The van der Waals surface area contributed by atoms with E-state index in [0.29, 0.717) is 0 Å². The number of carboxylic acids is 1. The molecule has 0 aliphatic heterocycles. The van der Waals surface area contributed by atoms with Crippen LogP contribution in [0.4, 0.5) is 0 Å². The Morgan fingerprint density at radius 1 is 0.800 bits per heavy atom. The highest BCUT2D eigenvalue weighted by molar-refractivity contribution is 5.66. The van der Waals surface area contributed by atoms with E-state index in [2.05, 4.69) is 55.5 Å². The van der Waals surface area contributed by atoms with E-state index in [4.69, 9.17) is 5.11 Å². The number of aliphatic carboxylic acids is 1. The number of unbranched alkanes of at least 4 members (excludes halogenated alkanes) is 4. The zero-order valence-corrected chi connectivity index (χ0v) is 12.6. The van der Waals surface area contributed by atoms with Gasteiger partial charge in [0.25, 0.3) is 0 Å². The predicted octanol–water partition coefficient (Wildman–Crippen LogP) is 5.44. The summed E-state index contributed by atoms with van der Waals surface area (Å²) in [7, 11) is 0. The molecular weight excluding hydrogens is 248 g/mol. The van der Waals surface area contributed by atoms with Gasteiger partial charge in [0.15, 0.2) is 0 Å². The van der Waals surface area contributed by atoms with Gasteiger partial charge in [-0.25, -0.2) is 0 Å². The summed E-state index contributed by atoms with van der Waals surface area (Å²) in [5, 5.41) is 8.48. The molecule has 2 heteroatoms. The largest absolute Gasteiger partial charge is 0.481 e. The highest BCUT2D eigenvalue weighted by Crippen LogP contribution is 2.03. The zero-order chi connectivity index (χ0) is 14.9. The SMILES string of the molecule is CC\C=C/C=C/C=C/CCCC/C=C\CCCC(=O)O. The maximum atomic E-state index is 10.3. The van der Waals surface area contributed by atoms with Crippen molar-refractivity contribution in [1.29, 1.82) is 0 Å². The van der Waals surface area contributed by atoms with E-state index < -0.39 is 5.97 Å². The number of hydrogen-bond acceptors (Lipinski definition) is 1. The van der Waals surface area contributed by atoms with E-state index in [1.165, 1.54) is 12.8 Å². The summed E-state index contributed by atoms with van der Waals surface area (Å²) < 4.78 is 0. The van der Waals surface area contributed by atoms with Gasteiger partial charge in [-0.15, -0.1) is 0 Å². The van der Waals surface area contributed by atoms with Gasteiger partial charge in [0.2, 0.25) is 0 Å². The van der Waals surface area contributed by atoms with Gasteiger partial charge in [-0.05, 0) is 44.9 Å². The van der Waals surface area contributed by atoms with E-state index in [9.17, 15) is 4.79 Å². The fourth-order valence-corrected chi connectivity index (χ4v) is 1.65. The van der Waals surface area contributed by atoms with Gasteiger partial charge in [-0.1, -0.05) is 55.5 Å². The Balaban J connectivity index is 3.33. The number of carbonyl (C=O) groups is 1. The van der Waals surface area contributed by atoms with Gasteiger partial charge in [-0.2, -0.15) is 0 Å². The number of rotatable bonds is 12. The van der Waals surface area contributed by atoms with Gasteiger partial charge >= 0.3 is 5.97 Å². The molecule has 0 rings (SSSR count). The van der Waals surface area contributed by atoms with Crippen molar-refractivity contribution in [3.8, 4) is 0 Å². The maximum Gasteiger partial charge on any atom is 0.303 e. The molecule has 0 heterocycles. The molecule has 0 spiro atoms. The Labute approximate surface area is 123 Å². The first kappa shape index (κ1) is 18.4. The third kappa shape index (κ3) is 16.4. The lowest BCUT2D eigenvalue weighted by atomic mass is 10.1. The predicted molar refractivity (Wildman–Crippen MR) is 86.8 cm³/mol. The van der Waals surface area contributed by atoms with Crippen LogP contribution in [0.25, 0.3) is 0 Å². The van der Waals surface area contributed by atoms with E-state index in [1.54, 1.807) is 0 Å². The first-order valence-electron chi connectivity index (χ1n) is 7.62. The third-order valence-corrected chi connectivity index (χ3v) is 2.76. The molecule has 112 valence electrons. The lowest BCUT2D eigenvalue weighted by molar-refractivity contribution is -0.137. The second-order valence-corrected chi connectivity index (χ2v) is 4.69. The minimum Gasteiger partial charge on any atom is -0.481 e. The topological polar surface area (TPSA) is 37.3 Å². The average molecular weight is 276 g/mol. The smallest absolute Gasteiger partial charge is 0.303 e. The molecule has 0 aliphatic carbocycles. The lowest BCUT2D eigenvalue weighted by Gasteiger charge is -1.93. The summed E-state index contributed by atoms with van der Waals surface area (Å²) in [6.45, 7) is 2.13. The quantitative estimate of drug-likeness (QED) is 0.293. The van der Waals surface area contributed by atoms with Gasteiger partial charge < -0.3 is 5.11 Å². The van der Waals surface area contributed by atoms with Crippen LogP contribution in [0.2, 0.25) is 0 Å². The van der Waals surface area contributed by atoms with E-state index in [-0.39, 0.29) is 6.42 Å². The molecule has 0 radical (unpaired) electrons. The molecular formula is C18H28O2. The van der Waals surface area contributed by atoms with Crippen LogP contribution in [-0.2, 0) is 4.79 Å². The third-order valence-electron chi connectivity index (χ3n) is 2.76. The summed E-state index contributed by atoms with van der Waals surface area (Å²) >= 11 is 0. The highest BCUT2D eigenvalue weighted by atomic mass is 16.4. The molecule has 0 aliphatic rings. The van der Waals surface area contributed by atoms with Gasteiger partial charge in [0, 0.05) is 6.42 Å². The lowest BCUT2D eigenvalue weighted by Crippen LogP contribution is -1.92. The van der Waals surface area contributed by atoms with E-state index in [1.807, 2.05) is 0 Å². The summed E-state index contributed by atoms with van der Waals surface area (Å²) in [4.78, 5) is 10.3. The van der Waals surface area contributed by atoms with Crippen molar-refractivity contribution in [2.45, 2.75) is 58.3 Å². The van der Waals surface area contributed by atoms with Crippen molar-refractivity contribution in [2.24, 2.45) is 0 Å². The van der Waals surface area contributed by atoms with Crippen molar-refractivity contribution >= 4 is 5.97 Å². The van der Waals surface area contributed by atoms with Crippen LogP contribution in [0, 0.1) is 0 Å². The summed E-state index contributed by atoms with van der Waals surface area (Å²) in [5.74, 6) is -0.704.